The fourth-order valence-electron chi connectivity index (χ4n) is 2.17. The van der Waals surface area contributed by atoms with Crippen LogP contribution in [0.15, 0.2) is 0 Å². The molecule has 1 aliphatic rings. The van der Waals surface area contributed by atoms with Crippen LogP contribution in [0, 0.1) is 11.8 Å². The summed E-state index contributed by atoms with van der Waals surface area (Å²) in [6, 6.07) is 0. The molecule has 3 nitrogen and oxygen atoms in total. The summed E-state index contributed by atoms with van der Waals surface area (Å²) < 4.78 is 5.58. The zero-order valence-corrected chi connectivity index (χ0v) is 11.3. The summed E-state index contributed by atoms with van der Waals surface area (Å²) in [6.45, 7) is 12.2. The van der Waals surface area contributed by atoms with Crippen LogP contribution in [-0.2, 0) is 4.74 Å². The number of likely N-dealkylation sites (N-methyl/N-ethyl adjacent to an activating group) is 1. The summed E-state index contributed by atoms with van der Waals surface area (Å²) in [5.41, 5.74) is 0. The first-order valence-corrected chi connectivity index (χ1v) is 6.60. The lowest BCUT2D eigenvalue weighted by atomic mass is 10.0. The molecule has 3 heteroatoms. The van der Waals surface area contributed by atoms with Gasteiger partial charge in [0, 0.05) is 26.2 Å². The van der Waals surface area contributed by atoms with Crippen molar-refractivity contribution in [1.82, 2.24) is 10.2 Å². The van der Waals surface area contributed by atoms with E-state index in [9.17, 15) is 0 Å². The quantitative estimate of drug-likeness (QED) is 0.670. The Labute approximate surface area is 101 Å². The van der Waals surface area contributed by atoms with Crippen LogP contribution in [0.4, 0.5) is 0 Å². The van der Waals surface area contributed by atoms with E-state index in [0.717, 1.165) is 38.1 Å². The highest BCUT2D eigenvalue weighted by atomic mass is 16.5. The molecule has 1 saturated heterocycles. The third-order valence-corrected chi connectivity index (χ3v) is 3.30. The molecule has 2 atom stereocenters. The molecule has 0 saturated carbocycles. The first-order chi connectivity index (χ1) is 7.59. The molecule has 1 rings (SSSR count). The van der Waals surface area contributed by atoms with Crippen molar-refractivity contribution >= 4 is 0 Å². The molecule has 0 aromatic carbocycles. The highest BCUT2D eigenvalue weighted by molar-refractivity contribution is 4.75. The van der Waals surface area contributed by atoms with Crippen molar-refractivity contribution in [2.75, 3.05) is 39.8 Å². The van der Waals surface area contributed by atoms with Gasteiger partial charge in [-0.25, -0.2) is 0 Å². The predicted octanol–water partition coefficient (Wildman–Crippen LogP) is 1.59. The molecule has 0 amide bonds. The Kier molecular flexibility index (Phi) is 6.32. The van der Waals surface area contributed by atoms with Crippen molar-refractivity contribution in [1.29, 1.82) is 0 Å². The molecule has 1 N–H and O–H groups in total. The summed E-state index contributed by atoms with van der Waals surface area (Å²) in [4.78, 5) is 2.42. The molecule has 1 heterocycles. The third-order valence-electron chi connectivity index (χ3n) is 3.30. The van der Waals surface area contributed by atoms with Crippen molar-refractivity contribution in [3.8, 4) is 0 Å². The maximum Gasteiger partial charge on any atom is 0.0588 e. The molecule has 0 aromatic heterocycles. The molecule has 0 spiro atoms. The maximum absolute atomic E-state index is 5.58. The van der Waals surface area contributed by atoms with Crippen LogP contribution in [0.3, 0.4) is 0 Å². The van der Waals surface area contributed by atoms with Gasteiger partial charge in [-0.15, -0.1) is 0 Å². The molecule has 2 unspecified atom stereocenters. The third kappa shape index (κ3) is 5.28. The Morgan fingerprint density at radius 1 is 1.44 bits per heavy atom. The molecular formula is C13H28N2O. The van der Waals surface area contributed by atoms with Gasteiger partial charge in [-0.2, -0.15) is 0 Å². The molecule has 0 aromatic rings. The zero-order valence-electron chi connectivity index (χ0n) is 11.3. The van der Waals surface area contributed by atoms with Gasteiger partial charge in [0.1, 0.15) is 0 Å². The van der Waals surface area contributed by atoms with Gasteiger partial charge < -0.3 is 15.0 Å². The summed E-state index contributed by atoms with van der Waals surface area (Å²) in [5.74, 6) is 1.48. The maximum atomic E-state index is 5.58. The Bertz CT molecular complexity index is 185. The standard InChI is InChI=1S/C13H28N2O/c1-11(2)9-14-6-7-15(4)10-13-5-8-16-12(13)3/h11-14H,5-10H2,1-4H3. The van der Waals surface area contributed by atoms with Gasteiger partial charge in [-0.1, -0.05) is 13.8 Å². The number of nitrogens with zero attached hydrogens (tertiary/aromatic N) is 1. The van der Waals surface area contributed by atoms with Gasteiger partial charge >= 0.3 is 0 Å². The first kappa shape index (κ1) is 13.9. The van der Waals surface area contributed by atoms with E-state index in [1.807, 2.05) is 0 Å². The van der Waals surface area contributed by atoms with Crippen LogP contribution in [0.5, 0.6) is 0 Å². The molecule has 0 radical (unpaired) electrons. The Morgan fingerprint density at radius 2 is 2.19 bits per heavy atom. The van der Waals surface area contributed by atoms with Crippen molar-refractivity contribution in [2.24, 2.45) is 11.8 Å². The van der Waals surface area contributed by atoms with Gasteiger partial charge in [0.15, 0.2) is 0 Å². The molecule has 1 aliphatic heterocycles. The average Bonchev–Trinajstić information content (AvgIpc) is 2.59. The predicted molar refractivity (Wildman–Crippen MR) is 68.7 cm³/mol. The molecule has 0 bridgehead atoms. The van der Waals surface area contributed by atoms with Crippen molar-refractivity contribution in [3.63, 3.8) is 0 Å². The van der Waals surface area contributed by atoms with E-state index in [2.05, 4.69) is 38.0 Å². The van der Waals surface area contributed by atoms with Gasteiger partial charge in [-0.3, -0.25) is 0 Å². The van der Waals surface area contributed by atoms with E-state index in [-0.39, 0.29) is 0 Å². The van der Waals surface area contributed by atoms with Crippen LogP contribution in [0.1, 0.15) is 27.2 Å². The smallest absolute Gasteiger partial charge is 0.0588 e. The molecule has 0 aliphatic carbocycles. The number of ether oxygens (including phenoxy) is 1. The van der Waals surface area contributed by atoms with E-state index in [4.69, 9.17) is 4.74 Å². The van der Waals surface area contributed by atoms with Gasteiger partial charge in [-0.05, 0) is 38.8 Å². The molecule has 96 valence electrons. The zero-order chi connectivity index (χ0) is 12.0. The van der Waals surface area contributed by atoms with E-state index in [1.165, 1.54) is 13.0 Å². The Morgan fingerprint density at radius 3 is 2.75 bits per heavy atom. The second-order valence-corrected chi connectivity index (χ2v) is 5.48. The van der Waals surface area contributed by atoms with Gasteiger partial charge in [0.2, 0.25) is 0 Å². The monoisotopic (exact) mass is 228 g/mol. The second-order valence-electron chi connectivity index (χ2n) is 5.48. The van der Waals surface area contributed by atoms with Crippen LogP contribution in [0.25, 0.3) is 0 Å². The lowest BCUT2D eigenvalue weighted by Crippen LogP contribution is -2.35. The van der Waals surface area contributed by atoms with Gasteiger partial charge in [0.05, 0.1) is 6.10 Å². The number of hydrogen-bond donors (Lipinski definition) is 1. The van der Waals surface area contributed by atoms with E-state index >= 15 is 0 Å². The largest absolute Gasteiger partial charge is 0.378 e. The van der Waals surface area contributed by atoms with Gasteiger partial charge in [0.25, 0.3) is 0 Å². The second kappa shape index (κ2) is 7.25. The summed E-state index contributed by atoms with van der Waals surface area (Å²) in [5, 5.41) is 3.48. The SMILES string of the molecule is CC(C)CNCCN(C)CC1CCOC1C. The number of nitrogens with one attached hydrogen (secondary N) is 1. The lowest BCUT2D eigenvalue weighted by Gasteiger charge is -2.23. The minimum Gasteiger partial charge on any atom is -0.378 e. The van der Waals surface area contributed by atoms with Crippen LogP contribution < -0.4 is 5.32 Å². The van der Waals surface area contributed by atoms with Crippen LogP contribution in [0.2, 0.25) is 0 Å². The molecular weight excluding hydrogens is 200 g/mol. The molecule has 16 heavy (non-hydrogen) atoms. The van der Waals surface area contributed by atoms with E-state index in [0.29, 0.717) is 6.10 Å². The van der Waals surface area contributed by atoms with Crippen molar-refractivity contribution in [2.45, 2.75) is 33.3 Å². The average molecular weight is 228 g/mol. The summed E-state index contributed by atoms with van der Waals surface area (Å²) >= 11 is 0. The fraction of sp³-hybridized carbons (Fsp3) is 1.00. The van der Waals surface area contributed by atoms with Crippen LogP contribution in [-0.4, -0.2) is 50.8 Å². The highest BCUT2D eigenvalue weighted by Crippen LogP contribution is 2.20. The summed E-state index contributed by atoms with van der Waals surface area (Å²) in [7, 11) is 2.21. The molecule has 1 fully saturated rings. The van der Waals surface area contributed by atoms with Crippen molar-refractivity contribution < 1.29 is 4.74 Å². The minimum absolute atomic E-state index is 0.450. The highest BCUT2D eigenvalue weighted by Gasteiger charge is 2.24. The lowest BCUT2D eigenvalue weighted by molar-refractivity contribution is 0.0960. The Hall–Kier alpha value is -0.120. The first-order valence-electron chi connectivity index (χ1n) is 6.60. The summed E-state index contributed by atoms with van der Waals surface area (Å²) in [6.07, 6.45) is 1.68. The van der Waals surface area contributed by atoms with E-state index < -0.39 is 0 Å². The Balaban J connectivity index is 2.04. The van der Waals surface area contributed by atoms with Crippen LogP contribution >= 0.6 is 0 Å². The fourth-order valence-corrected chi connectivity index (χ4v) is 2.17. The number of rotatable bonds is 7. The van der Waals surface area contributed by atoms with Crippen molar-refractivity contribution in [3.05, 3.63) is 0 Å². The van der Waals surface area contributed by atoms with E-state index in [1.54, 1.807) is 0 Å². The number of hydrogen-bond acceptors (Lipinski definition) is 3. The topological polar surface area (TPSA) is 24.5 Å². The normalized spacial score (nSPS) is 25.9. The minimum atomic E-state index is 0.450.